The van der Waals surface area contributed by atoms with Crippen LogP contribution in [0, 0.1) is 0 Å². The molecule has 2 heterocycles. The summed E-state index contributed by atoms with van der Waals surface area (Å²) < 4.78 is 26.0. The number of fused-ring (bicyclic) bond motifs is 1. The summed E-state index contributed by atoms with van der Waals surface area (Å²) >= 11 is 0. The Hall–Kier alpha value is -3.62. The standard InChI is InChI=1S/C27H28N4O3S/c1-35(33,34)30-22-13-14-24-23(17-22)25(27(32)29-24)26(20-7-3-2-4-8-20)28-21-11-9-19(10-12-21)18-31-15-5-6-16-31/h2-4,7-14,17,29-30,32H,5-6,15-16,18H2,1H3. The van der Waals surface area contributed by atoms with E-state index in [1.165, 1.54) is 18.4 Å². The van der Waals surface area contributed by atoms with Crippen molar-refractivity contribution in [1.82, 2.24) is 9.88 Å². The van der Waals surface area contributed by atoms with E-state index in [9.17, 15) is 13.5 Å². The zero-order chi connectivity index (χ0) is 24.4. The van der Waals surface area contributed by atoms with Gasteiger partial charge in [0.05, 0.1) is 23.2 Å². The van der Waals surface area contributed by atoms with Crippen LogP contribution < -0.4 is 4.72 Å². The van der Waals surface area contributed by atoms with Crippen molar-refractivity contribution < 1.29 is 13.5 Å². The predicted molar refractivity (Wildman–Crippen MR) is 141 cm³/mol. The number of aromatic nitrogens is 1. The molecule has 35 heavy (non-hydrogen) atoms. The Morgan fingerprint density at radius 3 is 2.43 bits per heavy atom. The lowest BCUT2D eigenvalue weighted by Gasteiger charge is -2.14. The van der Waals surface area contributed by atoms with Crippen molar-refractivity contribution in [3.8, 4) is 5.88 Å². The fourth-order valence-electron chi connectivity index (χ4n) is 4.56. The van der Waals surface area contributed by atoms with Crippen LogP contribution in [0.15, 0.2) is 77.8 Å². The van der Waals surface area contributed by atoms with Gasteiger partial charge in [0.1, 0.15) is 0 Å². The van der Waals surface area contributed by atoms with E-state index in [2.05, 4.69) is 26.7 Å². The maximum atomic E-state index is 11.8. The van der Waals surface area contributed by atoms with Gasteiger partial charge in [-0.25, -0.2) is 13.4 Å². The maximum absolute atomic E-state index is 11.8. The molecule has 7 nitrogen and oxygen atoms in total. The molecule has 0 radical (unpaired) electrons. The first-order chi connectivity index (χ1) is 16.9. The van der Waals surface area contributed by atoms with Gasteiger partial charge in [-0.15, -0.1) is 0 Å². The van der Waals surface area contributed by atoms with Crippen LogP contribution in [0.4, 0.5) is 11.4 Å². The average Bonchev–Trinajstić information content (AvgIpc) is 3.45. The third-order valence-corrected chi connectivity index (χ3v) is 6.75. The maximum Gasteiger partial charge on any atom is 0.229 e. The van der Waals surface area contributed by atoms with Gasteiger partial charge in [0.2, 0.25) is 10.0 Å². The number of H-pyrrole nitrogens is 1. The average molecular weight is 489 g/mol. The molecule has 1 saturated heterocycles. The number of hydrogen-bond donors (Lipinski definition) is 3. The number of nitrogens with one attached hydrogen (secondary N) is 2. The molecule has 1 aliphatic rings. The van der Waals surface area contributed by atoms with E-state index in [-0.39, 0.29) is 5.88 Å². The number of aromatic hydroxyl groups is 1. The number of aromatic amines is 1. The largest absolute Gasteiger partial charge is 0.494 e. The molecule has 1 fully saturated rings. The molecule has 0 amide bonds. The molecule has 4 aromatic rings. The van der Waals surface area contributed by atoms with Crippen LogP contribution in [0.3, 0.4) is 0 Å². The Bertz CT molecular complexity index is 1470. The highest BCUT2D eigenvalue weighted by Gasteiger charge is 2.19. The number of anilines is 1. The fourth-order valence-corrected chi connectivity index (χ4v) is 5.11. The van der Waals surface area contributed by atoms with E-state index >= 15 is 0 Å². The molecule has 0 aliphatic carbocycles. The van der Waals surface area contributed by atoms with E-state index in [4.69, 9.17) is 4.99 Å². The molecule has 5 rings (SSSR count). The summed E-state index contributed by atoms with van der Waals surface area (Å²) in [5.41, 5.74) is 5.07. The lowest BCUT2D eigenvalue weighted by atomic mass is 10.0. The zero-order valence-electron chi connectivity index (χ0n) is 19.5. The smallest absolute Gasteiger partial charge is 0.229 e. The molecular formula is C27H28N4O3S. The third-order valence-electron chi connectivity index (χ3n) is 6.15. The number of benzene rings is 3. The predicted octanol–water partition coefficient (Wildman–Crippen LogP) is 5.01. The Labute approximate surface area is 205 Å². The van der Waals surface area contributed by atoms with E-state index < -0.39 is 10.0 Å². The van der Waals surface area contributed by atoms with E-state index in [0.717, 1.165) is 37.1 Å². The molecule has 0 bridgehead atoms. The second-order valence-electron chi connectivity index (χ2n) is 8.96. The number of nitrogens with zero attached hydrogens (tertiary/aromatic N) is 2. The Balaban J connectivity index is 1.58. The van der Waals surface area contributed by atoms with Crippen molar-refractivity contribution in [3.63, 3.8) is 0 Å². The van der Waals surface area contributed by atoms with Crippen molar-refractivity contribution in [2.24, 2.45) is 4.99 Å². The van der Waals surface area contributed by atoms with Gasteiger partial charge in [-0.2, -0.15) is 0 Å². The highest BCUT2D eigenvalue weighted by Crippen LogP contribution is 2.33. The third kappa shape index (κ3) is 5.39. The number of rotatable bonds is 7. The van der Waals surface area contributed by atoms with Crippen LogP contribution in [0.25, 0.3) is 10.9 Å². The molecule has 1 aromatic heterocycles. The molecule has 1 aliphatic heterocycles. The Kier molecular flexibility index (Phi) is 6.32. The Morgan fingerprint density at radius 2 is 1.74 bits per heavy atom. The van der Waals surface area contributed by atoms with Crippen molar-refractivity contribution >= 4 is 38.0 Å². The second-order valence-corrected chi connectivity index (χ2v) is 10.7. The molecule has 0 saturated carbocycles. The monoisotopic (exact) mass is 488 g/mol. The number of sulfonamides is 1. The number of hydrogen-bond acceptors (Lipinski definition) is 5. The van der Waals surface area contributed by atoms with Gasteiger partial charge in [-0.05, 0) is 61.8 Å². The summed E-state index contributed by atoms with van der Waals surface area (Å²) in [4.78, 5) is 10.4. The Morgan fingerprint density at radius 1 is 1.03 bits per heavy atom. The van der Waals surface area contributed by atoms with Crippen LogP contribution in [0.1, 0.15) is 29.5 Å². The van der Waals surface area contributed by atoms with Gasteiger partial charge in [0.25, 0.3) is 0 Å². The minimum atomic E-state index is -3.44. The minimum absolute atomic E-state index is 0.0234. The molecule has 3 N–H and O–H groups in total. The van der Waals surface area contributed by atoms with Gasteiger partial charge < -0.3 is 10.1 Å². The number of aliphatic imine (C=N–C) groups is 1. The van der Waals surface area contributed by atoms with E-state index in [0.29, 0.717) is 27.9 Å². The fraction of sp³-hybridized carbons (Fsp3) is 0.222. The first-order valence-corrected chi connectivity index (χ1v) is 13.5. The SMILES string of the molecule is CS(=O)(=O)Nc1ccc2[nH]c(O)c(C(=Nc3ccc(CN4CCCC4)cc3)c3ccccc3)c2c1. The highest BCUT2D eigenvalue weighted by molar-refractivity contribution is 7.92. The summed E-state index contributed by atoms with van der Waals surface area (Å²) in [6.07, 6.45) is 3.63. The lowest BCUT2D eigenvalue weighted by Crippen LogP contribution is -2.18. The number of likely N-dealkylation sites (tertiary alicyclic amines) is 1. The van der Waals surface area contributed by atoms with Crippen molar-refractivity contribution in [3.05, 3.63) is 89.5 Å². The first kappa shape index (κ1) is 23.1. The minimum Gasteiger partial charge on any atom is -0.494 e. The summed E-state index contributed by atoms with van der Waals surface area (Å²) in [7, 11) is -3.44. The van der Waals surface area contributed by atoms with Crippen molar-refractivity contribution in [2.45, 2.75) is 19.4 Å². The van der Waals surface area contributed by atoms with Gasteiger partial charge in [0, 0.05) is 28.7 Å². The normalized spacial score (nSPS) is 15.1. The quantitative estimate of drug-likeness (QED) is 0.319. The van der Waals surface area contributed by atoms with E-state index in [1.807, 2.05) is 42.5 Å². The summed E-state index contributed by atoms with van der Waals surface area (Å²) in [6, 6.07) is 23.0. The molecular weight excluding hydrogens is 460 g/mol. The van der Waals surface area contributed by atoms with Gasteiger partial charge in [0.15, 0.2) is 5.88 Å². The highest BCUT2D eigenvalue weighted by atomic mass is 32.2. The van der Waals surface area contributed by atoms with Gasteiger partial charge in [-0.3, -0.25) is 9.62 Å². The van der Waals surface area contributed by atoms with Gasteiger partial charge >= 0.3 is 0 Å². The lowest BCUT2D eigenvalue weighted by molar-refractivity contribution is 0.331. The van der Waals surface area contributed by atoms with Crippen LogP contribution in [-0.2, 0) is 16.6 Å². The van der Waals surface area contributed by atoms with Crippen LogP contribution >= 0.6 is 0 Å². The van der Waals surface area contributed by atoms with Crippen LogP contribution in [0.5, 0.6) is 5.88 Å². The summed E-state index contributed by atoms with van der Waals surface area (Å²) in [5.74, 6) is -0.0234. The van der Waals surface area contributed by atoms with Crippen LogP contribution in [-0.4, -0.2) is 48.5 Å². The second kappa shape index (κ2) is 9.56. The molecule has 0 atom stereocenters. The van der Waals surface area contributed by atoms with Gasteiger partial charge in [-0.1, -0.05) is 42.5 Å². The topological polar surface area (TPSA) is 97.8 Å². The zero-order valence-corrected chi connectivity index (χ0v) is 20.3. The van der Waals surface area contributed by atoms with Crippen molar-refractivity contribution in [1.29, 1.82) is 0 Å². The summed E-state index contributed by atoms with van der Waals surface area (Å²) in [5, 5.41) is 11.6. The molecule has 0 unspecified atom stereocenters. The molecule has 0 spiro atoms. The summed E-state index contributed by atoms with van der Waals surface area (Å²) in [6.45, 7) is 3.23. The molecule has 3 aromatic carbocycles. The van der Waals surface area contributed by atoms with Crippen molar-refractivity contribution in [2.75, 3.05) is 24.1 Å². The molecule has 180 valence electrons. The molecule has 8 heteroatoms. The van der Waals surface area contributed by atoms with E-state index in [1.54, 1.807) is 18.2 Å². The van der Waals surface area contributed by atoms with Crippen LogP contribution in [0.2, 0.25) is 0 Å². The first-order valence-electron chi connectivity index (χ1n) is 11.6.